The lowest BCUT2D eigenvalue weighted by molar-refractivity contribution is 0.332. The summed E-state index contributed by atoms with van der Waals surface area (Å²) >= 11 is 0. The van der Waals surface area contributed by atoms with E-state index in [0.717, 1.165) is 23.9 Å². The van der Waals surface area contributed by atoms with Crippen molar-refractivity contribution in [2.75, 3.05) is 19.0 Å². The Morgan fingerprint density at radius 1 is 1.28 bits per heavy atom. The molecule has 0 spiro atoms. The zero-order valence-electron chi connectivity index (χ0n) is 12.0. The molecule has 2 heteroatoms. The van der Waals surface area contributed by atoms with Crippen LogP contribution in [-0.4, -0.2) is 13.7 Å². The lowest BCUT2D eigenvalue weighted by atomic mass is 9.85. The molecule has 1 aliphatic rings. The molecule has 2 rings (SSSR count). The van der Waals surface area contributed by atoms with Crippen LogP contribution in [0.25, 0.3) is 0 Å². The molecule has 1 aromatic rings. The van der Waals surface area contributed by atoms with E-state index in [9.17, 15) is 0 Å². The van der Waals surface area contributed by atoms with E-state index in [1.165, 1.54) is 24.8 Å². The van der Waals surface area contributed by atoms with Crippen molar-refractivity contribution in [3.05, 3.63) is 23.8 Å². The van der Waals surface area contributed by atoms with E-state index >= 15 is 0 Å². The van der Waals surface area contributed by atoms with Crippen molar-refractivity contribution in [2.45, 2.75) is 45.4 Å². The van der Waals surface area contributed by atoms with Crippen molar-refractivity contribution in [1.29, 1.82) is 0 Å². The van der Waals surface area contributed by atoms with E-state index in [1.54, 1.807) is 7.11 Å². The lowest BCUT2D eigenvalue weighted by Gasteiger charge is -2.27. The normalized spacial score (nSPS) is 16.2. The van der Waals surface area contributed by atoms with E-state index in [2.05, 4.69) is 44.3 Å². The first kappa shape index (κ1) is 13.3. The van der Waals surface area contributed by atoms with E-state index in [4.69, 9.17) is 4.74 Å². The smallest absolute Gasteiger partial charge is 0.141 e. The van der Waals surface area contributed by atoms with Gasteiger partial charge < -0.3 is 10.1 Å². The minimum Gasteiger partial charge on any atom is -0.495 e. The maximum Gasteiger partial charge on any atom is 0.141 e. The fourth-order valence-electron chi connectivity index (χ4n) is 2.26. The minimum absolute atomic E-state index is 0.180. The van der Waals surface area contributed by atoms with E-state index in [-0.39, 0.29) is 5.41 Å². The molecule has 100 valence electrons. The van der Waals surface area contributed by atoms with Crippen LogP contribution in [0.4, 0.5) is 5.69 Å². The topological polar surface area (TPSA) is 21.3 Å². The van der Waals surface area contributed by atoms with Gasteiger partial charge in [0.2, 0.25) is 0 Å². The van der Waals surface area contributed by atoms with Gasteiger partial charge in [-0.05, 0) is 41.9 Å². The Kier molecular flexibility index (Phi) is 3.84. The number of anilines is 1. The second kappa shape index (κ2) is 5.21. The van der Waals surface area contributed by atoms with Crippen LogP contribution in [0.15, 0.2) is 18.2 Å². The van der Waals surface area contributed by atoms with Crippen molar-refractivity contribution >= 4 is 5.69 Å². The van der Waals surface area contributed by atoms with E-state index in [0.29, 0.717) is 0 Å². The Morgan fingerprint density at radius 2 is 2.00 bits per heavy atom. The Hall–Kier alpha value is -1.18. The molecule has 1 fully saturated rings. The molecule has 0 aromatic heterocycles. The van der Waals surface area contributed by atoms with Gasteiger partial charge in [-0.15, -0.1) is 0 Å². The van der Waals surface area contributed by atoms with Crippen LogP contribution in [0.2, 0.25) is 0 Å². The average Bonchev–Trinajstić information content (AvgIpc) is 2.25. The van der Waals surface area contributed by atoms with Crippen molar-refractivity contribution < 1.29 is 4.74 Å². The molecule has 1 aliphatic carbocycles. The number of methoxy groups -OCH3 is 1. The summed E-state index contributed by atoms with van der Waals surface area (Å²) in [6.45, 7) is 7.80. The highest BCUT2D eigenvalue weighted by atomic mass is 16.5. The van der Waals surface area contributed by atoms with Crippen LogP contribution in [0.1, 0.15) is 45.6 Å². The Bertz CT molecular complexity index is 402. The van der Waals surface area contributed by atoms with Gasteiger partial charge in [-0.3, -0.25) is 0 Å². The van der Waals surface area contributed by atoms with Gasteiger partial charge in [0.15, 0.2) is 0 Å². The Balaban J connectivity index is 2.13. The van der Waals surface area contributed by atoms with Gasteiger partial charge in [0, 0.05) is 6.54 Å². The molecule has 0 atom stereocenters. The fraction of sp³-hybridized carbons (Fsp3) is 0.625. The highest BCUT2D eigenvalue weighted by molar-refractivity contribution is 5.59. The molecule has 2 nitrogen and oxygen atoms in total. The monoisotopic (exact) mass is 247 g/mol. The highest BCUT2D eigenvalue weighted by Crippen LogP contribution is 2.33. The van der Waals surface area contributed by atoms with Gasteiger partial charge in [0.05, 0.1) is 12.8 Å². The maximum atomic E-state index is 5.43. The summed E-state index contributed by atoms with van der Waals surface area (Å²) in [5.74, 6) is 1.80. The van der Waals surface area contributed by atoms with Crippen LogP contribution in [-0.2, 0) is 5.41 Å². The Labute approximate surface area is 111 Å². The van der Waals surface area contributed by atoms with Crippen LogP contribution < -0.4 is 10.1 Å². The lowest BCUT2D eigenvalue weighted by Crippen LogP contribution is -2.21. The number of hydrogen-bond donors (Lipinski definition) is 1. The molecule has 0 radical (unpaired) electrons. The van der Waals surface area contributed by atoms with E-state index < -0.39 is 0 Å². The third kappa shape index (κ3) is 2.98. The Morgan fingerprint density at radius 3 is 2.50 bits per heavy atom. The summed E-state index contributed by atoms with van der Waals surface area (Å²) in [6.07, 6.45) is 4.13. The predicted molar refractivity (Wildman–Crippen MR) is 77.5 cm³/mol. The first-order valence-corrected chi connectivity index (χ1v) is 6.93. The molecule has 1 N–H and O–H groups in total. The number of hydrogen-bond acceptors (Lipinski definition) is 2. The second-order valence-electron chi connectivity index (χ2n) is 6.34. The summed E-state index contributed by atoms with van der Waals surface area (Å²) in [5.41, 5.74) is 2.66. The molecule has 1 aromatic carbocycles. The fourth-order valence-corrected chi connectivity index (χ4v) is 2.26. The molecule has 0 amide bonds. The summed E-state index contributed by atoms with van der Waals surface area (Å²) in [5, 5.41) is 3.55. The summed E-state index contributed by atoms with van der Waals surface area (Å²) in [4.78, 5) is 0. The molecular weight excluding hydrogens is 222 g/mol. The highest BCUT2D eigenvalue weighted by Gasteiger charge is 2.19. The van der Waals surface area contributed by atoms with Gasteiger partial charge in [-0.1, -0.05) is 33.3 Å². The molecule has 0 aliphatic heterocycles. The van der Waals surface area contributed by atoms with Gasteiger partial charge in [-0.2, -0.15) is 0 Å². The third-order valence-corrected chi connectivity index (χ3v) is 3.87. The summed E-state index contributed by atoms with van der Waals surface area (Å²) in [7, 11) is 1.74. The molecule has 0 saturated heterocycles. The van der Waals surface area contributed by atoms with Crippen LogP contribution in [0.5, 0.6) is 5.75 Å². The van der Waals surface area contributed by atoms with Crippen LogP contribution in [0.3, 0.4) is 0 Å². The SMILES string of the molecule is COc1ccc(C(C)(C)C)cc1NCC1CCC1. The molecule has 0 heterocycles. The van der Waals surface area contributed by atoms with Crippen LogP contribution >= 0.6 is 0 Å². The quantitative estimate of drug-likeness (QED) is 0.860. The van der Waals surface area contributed by atoms with Crippen molar-refractivity contribution in [3.8, 4) is 5.75 Å². The zero-order valence-corrected chi connectivity index (χ0v) is 12.0. The first-order valence-electron chi connectivity index (χ1n) is 6.93. The number of ether oxygens (including phenoxy) is 1. The molecular formula is C16H25NO. The maximum absolute atomic E-state index is 5.43. The van der Waals surface area contributed by atoms with Gasteiger partial charge in [-0.25, -0.2) is 0 Å². The van der Waals surface area contributed by atoms with Gasteiger partial charge >= 0.3 is 0 Å². The van der Waals surface area contributed by atoms with Crippen molar-refractivity contribution in [3.63, 3.8) is 0 Å². The third-order valence-electron chi connectivity index (χ3n) is 3.87. The number of rotatable bonds is 4. The first-order chi connectivity index (χ1) is 8.50. The van der Waals surface area contributed by atoms with Crippen molar-refractivity contribution in [2.24, 2.45) is 5.92 Å². The van der Waals surface area contributed by atoms with Gasteiger partial charge in [0.25, 0.3) is 0 Å². The molecule has 1 saturated carbocycles. The standard InChI is InChI=1S/C16H25NO/c1-16(2,3)13-8-9-15(18-4)14(10-13)17-11-12-6-5-7-12/h8-10,12,17H,5-7,11H2,1-4H3. The molecule has 0 unspecified atom stereocenters. The van der Waals surface area contributed by atoms with E-state index in [1.807, 2.05) is 0 Å². The molecule has 18 heavy (non-hydrogen) atoms. The van der Waals surface area contributed by atoms with Crippen LogP contribution in [0, 0.1) is 5.92 Å². The molecule has 0 bridgehead atoms. The number of benzene rings is 1. The minimum atomic E-state index is 0.180. The number of nitrogens with one attached hydrogen (secondary N) is 1. The summed E-state index contributed by atoms with van der Waals surface area (Å²) < 4.78 is 5.43. The zero-order chi connectivity index (χ0) is 13.2. The summed E-state index contributed by atoms with van der Waals surface area (Å²) in [6, 6.07) is 6.47. The largest absolute Gasteiger partial charge is 0.495 e. The average molecular weight is 247 g/mol. The van der Waals surface area contributed by atoms with Gasteiger partial charge in [0.1, 0.15) is 5.75 Å². The van der Waals surface area contributed by atoms with Crippen molar-refractivity contribution in [1.82, 2.24) is 0 Å². The predicted octanol–water partition coefficient (Wildman–Crippen LogP) is 4.20. The second-order valence-corrected chi connectivity index (χ2v) is 6.34.